The van der Waals surface area contributed by atoms with Gasteiger partial charge in [0.1, 0.15) is 48.3 Å². The smallest absolute Gasteiger partial charge is 0.326 e. The molecule has 0 spiro atoms. The van der Waals surface area contributed by atoms with E-state index in [9.17, 15) is 72.9 Å². The van der Waals surface area contributed by atoms with Crippen molar-refractivity contribution in [1.82, 2.24) is 42.5 Å². The van der Waals surface area contributed by atoms with E-state index in [1.807, 2.05) is 0 Å². The van der Waals surface area contributed by atoms with Crippen LogP contribution in [-0.2, 0) is 64.0 Å². The van der Waals surface area contributed by atoms with E-state index < -0.39 is 170 Å². The van der Waals surface area contributed by atoms with Crippen LogP contribution in [0.25, 0.3) is 0 Å². The van der Waals surface area contributed by atoms with Gasteiger partial charge in [0.05, 0.1) is 25.5 Å². The largest absolute Gasteiger partial charge is 0.481 e. The number of primary amides is 1. The number of carboxylic acid groups (broad SMARTS) is 3. The summed E-state index contributed by atoms with van der Waals surface area (Å²) in [5.74, 6) is -14.7. The number of rotatable bonds is 30. The first kappa shape index (κ1) is 58.8. The molecule has 0 fully saturated rings. The van der Waals surface area contributed by atoms with Crippen molar-refractivity contribution in [2.45, 2.75) is 134 Å². The van der Waals surface area contributed by atoms with Gasteiger partial charge in [0.25, 0.3) is 0 Å². The summed E-state index contributed by atoms with van der Waals surface area (Å²) in [6, 6.07) is -5.33. The third-order valence-electron chi connectivity index (χ3n) is 10.3. The Hall–Kier alpha value is -7.22. The van der Waals surface area contributed by atoms with Gasteiger partial charge >= 0.3 is 17.9 Å². The van der Waals surface area contributed by atoms with Gasteiger partial charge in [-0.2, -0.15) is 0 Å². The van der Waals surface area contributed by atoms with Crippen molar-refractivity contribution < 1.29 is 78.0 Å². The molecule has 378 valence electrons. The second-order valence-corrected chi connectivity index (χ2v) is 16.3. The zero-order chi connectivity index (χ0) is 52.0. The molecule has 26 nitrogen and oxygen atoms in total. The molecule has 0 aliphatic carbocycles. The predicted molar refractivity (Wildman–Crippen MR) is 237 cm³/mol. The van der Waals surface area contributed by atoms with Crippen LogP contribution >= 0.6 is 0 Å². The van der Waals surface area contributed by atoms with Crippen LogP contribution in [0.15, 0.2) is 30.3 Å². The quantitative estimate of drug-likeness (QED) is 0.0345. The van der Waals surface area contributed by atoms with E-state index in [0.29, 0.717) is 12.0 Å². The van der Waals surface area contributed by atoms with Gasteiger partial charge in [-0.25, -0.2) is 4.79 Å². The molecule has 0 saturated heterocycles. The molecule has 16 N–H and O–H groups in total. The van der Waals surface area contributed by atoms with Gasteiger partial charge in [0.15, 0.2) is 0 Å². The molecule has 26 heteroatoms. The number of amides is 9. The van der Waals surface area contributed by atoms with Gasteiger partial charge < -0.3 is 74.4 Å². The SMILES string of the molecule is CC[C@H](C)[C@H](NC(=O)[C@@H](NC(=O)[C@H](C)NC(=O)[C@H](CC(=O)O)NC(=O)[C@H](CCC(N)=O)NC(=O)[C@@H](N)CC(=O)O)C(C)C)C(=O)N[C@@H](C)C(=O)N[C@@H](CO)C(=O)N[C@@H](Cc1ccccc1)C(=O)O. The molecule has 1 aromatic carbocycles. The van der Waals surface area contributed by atoms with E-state index >= 15 is 0 Å². The lowest BCUT2D eigenvalue weighted by molar-refractivity contribution is -0.142. The summed E-state index contributed by atoms with van der Waals surface area (Å²) in [5, 5.41) is 56.5. The van der Waals surface area contributed by atoms with Gasteiger partial charge in [-0.3, -0.25) is 52.7 Å². The Kier molecular flexibility index (Phi) is 24.8. The van der Waals surface area contributed by atoms with Crippen LogP contribution in [0.3, 0.4) is 0 Å². The molecule has 0 aliphatic heterocycles. The van der Waals surface area contributed by atoms with Gasteiger partial charge in [0.2, 0.25) is 53.2 Å². The van der Waals surface area contributed by atoms with Crippen LogP contribution in [0.1, 0.15) is 79.2 Å². The molecule has 10 atom stereocenters. The molecule has 1 rings (SSSR count). The van der Waals surface area contributed by atoms with E-state index in [4.69, 9.17) is 16.6 Å². The molecule has 68 heavy (non-hydrogen) atoms. The fourth-order valence-electron chi connectivity index (χ4n) is 6.09. The van der Waals surface area contributed by atoms with Crippen molar-refractivity contribution in [3.05, 3.63) is 35.9 Å². The second-order valence-electron chi connectivity index (χ2n) is 16.3. The number of carbonyl (C=O) groups is 12. The zero-order valence-corrected chi connectivity index (χ0v) is 38.5. The highest BCUT2D eigenvalue weighted by molar-refractivity contribution is 5.99. The van der Waals surface area contributed by atoms with Crippen molar-refractivity contribution in [2.75, 3.05) is 6.61 Å². The lowest BCUT2D eigenvalue weighted by Gasteiger charge is -2.29. The third kappa shape index (κ3) is 20.5. The van der Waals surface area contributed by atoms with Crippen LogP contribution in [0.5, 0.6) is 0 Å². The maximum atomic E-state index is 13.7. The first-order valence-electron chi connectivity index (χ1n) is 21.5. The molecule has 0 saturated carbocycles. The number of carbonyl (C=O) groups excluding carboxylic acids is 9. The molecular formula is C42H64N10O16. The lowest BCUT2D eigenvalue weighted by atomic mass is 9.96. The Morgan fingerprint density at radius 2 is 1.00 bits per heavy atom. The Morgan fingerprint density at radius 3 is 1.50 bits per heavy atom. The number of nitrogens with two attached hydrogens (primary N) is 2. The van der Waals surface area contributed by atoms with E-state index in [2.05, 4.69) is 42.5 Å². The summed E-state index contributed by atoms with van der Waals surface area (Å²) in [5.41, 5.74) is 11.3. The van der Waals surface area contributed by atoms with Crippen molar-refractivity contribution in [2.24, 2.45) is 23.3 Å². The van der Waals surface area contributed by atoms with Crippen molar-refractivity contribution in [1.29, 1.82) is 0 Å². The molecule has 0 heterocycles. The number of benzene rings is 1. The number of aliphatic hydroxyl groups excluding tert-OH is 1. The monoisotopic (exact) mass is 964 g/mol. The third-order valence-corrected chi connectivity index (χ3v) is 10.3. The fourth-order valence-corrected chi connectivity index (χ4v) is 6.09. The summed E-state index contributed by atoms with van der Waals surface area (Å²) >= 11 is 0. The normalized spacial score (nSPS) is 15.4. The molecular weight excluding hydrogens is 901 g/mol. The molecule has 1 aromatic rings. The first-order chi connectivity index (χ1) is 31.7. The highest BCUT2D eigenvalue weighted by Crippen LogP contribution is 2.12. The van der Waals surface area contributed by atoms with Crippen molar-refractivity contribution in [3.8, 4) is 0 Å². The average Bonchev–Trinajstić information content (AvgIpc) is 3.26. The topological polar surface area (TPSA) is 434 Å². The zero-order valence-electron chi connectivity index (χ0n) is 38.5. The number of nitrogens with one attached hydrogen (secondary N) is 8. The van der Waals surface area contributed by atoms with Crippen LogP contribution in [0.2, 0.25) is 0 Å². The Labute approximate surface area is 391 Å². The summed E-state index contributed by atoms with van der Waals surface area (Å²) in [6.07, 6.45) is -2.59. The maximum absolute atomic E-state index is 13.7. The standard InChI is InChI=1S/C42H64N10O16/c1-7-20(4)33(41(66)46-21(5)34(59)50-28(18-53)39(64)49-27(42(67)68)15-23-11-9-8-10-12-23)52-40(65)32(19(2)3)51-35(60)22(6)45-38(63)26(17-31(57)58)48-37(62)25(13-14-29(44)54)47-36(61)24(43)16-30(55)56/h8-12,19-22,24-28,32-33,53H,7,13-18,43H2,1-6H3,(H2,44,54)(H,45,63)(H,46,66)(H,47,61)(H,48,62)(H,49,64)(H,50,59)(H,51,60)(H,52,65)(H,55,56)(H,57,58)(H,67,68)/t20-,21-,22-,24-,25-,26-,27-,28-,32-,33-/m0/s1. The number of aliphatic hydroxyl groups is 1. The van der Waals surface area contributed by atoms with Crippen LogP contribution in [0.4, 0.5) is 0 Å². The molecule has 0 radical (unpaired) electrons. The van der Waals surface area contributed by atoms with E-state index in [0.717, 1.165) is 0 Å². The maximum Gasteiger partial charge on any atom is 0.326 e. The Morgan fingerprint density at radius 1 is 0.544 bits per heavy atom. The van der Waals surface area contributed by atoms with Gasteiger partial charge in [-0.15, -0.1) is 0 Å². The summed E-state index contributed by atoms with van der Waals surface area (Å²) < 4.78 is 0. The van der Waals surface area contributed by atoms with Crippen molar-refractivity contribution >= 4 is 71.1 Å². The molecule has 9 amide bonds. The molecule has 0 bridgehead atoms. The van der Waals surface area contributed by atoms with E-state index in [1.165, 1.54) is 13.8 Å². The summed E-state index contributed by atoms with van der Waals surface area (Å²) in [6.45, 7) is 7.92. The Bertz CT molecular complexity index is 1990. The minimum absolute atomic E-state index is 0.0958. The highest BCUT2D eigenvalue weighted by atomic mass is 16.4. The van der Waals surface area contributed by atoms with E-state index in [1.54, 1.807) is 58.0 Å². The summed E-state index contributed by atoms with van der Waals surface area (Å²) in [7, 11) is 0. The fraction of sp³-hybridized carbons (Fsp3) is 0.571. The predicted octanol–water partition coefficient (Wildman–Crippen LogP) is -4.53. The number of aliphatic carboxylic acids is 3. The number of hydrogen-bond acceptors (Lipinski definition) is 14. The van der Waals surface area contributed by atoms with Crippen LogP contribution in [-0.4, -0.2) is 152 Å². The number of carboxylic acids is 3. The van der Waals surface area contributed by atoms with Crippen LogP contribution in [0, 0.1) is 11.8 Å². The van der Waals surface area contributed by atoms with Gasteiger partial charge in [-0.05, 0) is 37.7 Å². The second kappa shape index (κ2) is 28.7. The molecule has 0 aliphatic rings. The minimum atomic E-state index is -1.89. The molecule has 0 aromatic heterocycles. The molecule has 0 unspecified atom stereocenters. The summed E-state index contributed by atoms with van der Waals surface area (Å²) in [4.78, 5) is 152. The minimum Gasteiger partial charge on any atom is -0.481 e. The lowest BCUT2D eigenvalue weighted by Crippen LogP contribution is -2.61. The highest BCUT2D eigenvalue weighted by Gasteiger charge is 2.36. The van der Waals surface area contributed by atoms with E-state index in [-0.39, 0.29) is 6.42 Å². The van der Waals surface area contributed by atoms with Gasteiger partial charge in [0, 0.05) is 12.8 Å². The number of hydrogen-bond donors (Lipinski definition) is 14. The van der Waals surface area contributed by atoms with Gasteiger partial charge in [-0.1, -0.05) is 64.4 Å². The Balaban J connectivity index is 3.10. The van der Waals surface area contributed by atoms with Crippen molar-refractivity contribution in [3.63, 3.8) is 0 Å². The average molecular weight is 965 g/mol. The van der Waals surface area contributed by atoms with Crippen LogP contribution < -0.4 is 54.0 Å². The first-order valence-corrected chi connectivity index (χ1v) is 21.5.